The van der Waals surface area contributed by atoms with Gasteiger partial charge >= 0.3 is 0 Å². The van der Waals surface area contributed by atoms with Crippen molar-refractivity contribution in [1.29, 1.82) is 0 Å². The van der Waals surface area contributed by atoms with Gasteiger partial charge in [-0.2, -0.15) is 4.98 Å². The predicted octanol–water partition coefficient (Wildman–Crippen LogP) is 2.52. The zero-order chi connectivity index (χ0) is 11.0. The van der Waals surface area contributed by atoms with Crippen LogP contribution < -0.4 is 5.32 Å². The lowest BCUT2D eigenvalue weighted by Crippen LogP contribution is -1.86. The predicted molar refractivity (Wildman–Crippen MR) is 59.1 cm³/mol. The van der Waals surface area contributed by atoms with Gasteiger partial charge in [0.15, 0.2) is 12.0 Å². The fourth-order valence-corrected chi connectivity index (χ4v) is 1.54. The van der Waals surface area contributed by atoms with Crippen LogP contribution in [0.15, 0.2) is 39.7 Å². The summed E-state index contributed by atoms with van der Waals surface area (Å²) in [5.74, 6) is 0. The van der Waals surface area contributed by atoms with E-state index in [0.717, 1.165) is 22.4 Å². The lowest BCUT2D eigenvalue weighted by atomic mass is 10.1. The third kappa shape index (κ3) is 1.33. The number of aromatic nitrogens is 2. The van der Waals surface area contributed by atoms with Gasteiger partial charge in [0.05, 0.1) is 0 Å². The molecule has 2 heterocycles. The molecule has 0 fully saturated rings. The molecule has 3 rings (SSSR count). The van der Waals surface area contributed by atoms with Gasteiger partial charge in [-0.05, 0) is 12.1 Å². The maximum atomic E-state index is 5.23. The first-order valence-electron chi connectivity index (χ1n) is 4.84. The van der Waals surface area contributed by atoms with Crippen LogP contribution in [0.1, 0.15) is 0 Å². The summed E-state index contributed by atoms with van der Waals surface area (Å²) in [5.41, 5.74) is 3.28. The van der Waals surface area contributed by atoms with Crippen LogP contribution in [-0.2, 0) is 0 Å². The first-order valence-corrected chi connectivity index (χ1v) is 4.84. The molecule has 1 aromatic carbocycles. The largest absolute Gasteiger partial charge is 0.443 e. The Hall–Kier alpha value is -2.30. The first kappa shape index (κ1) is 8.96. The van der Waals surface area contributed by atoms with Crippen molar-refractivity contribution in [3.05, 3.63) is 30.9 Å². The van der Waals surface area contributed by atoms with E-state index >= 15 is 0 Å². The number of rotatable bonds is 2. The number of hydrogen-bond acceptors (Lipinski definition) is 5. The standard InChI is InChI=1S/C11H9N3O2/c1-12-11-14-9(5-15-11)7-2-3-8-10(4-7)16-6-13-8/h2-6H,1H3,(H,12,14). The second kappa shape index (κ2) is 3.37. The van der Waals surface area contributed by atoms with Crippen LogP contribution in [0.3, 0.4) is 0 Å². The van der Waals surface area contributed by atoms with Crippen molar-refractivity contribution < 1.29 is 8.83 Å². The van der Waals surface area contributed by atoms with Gasteiger partial charge in [0.25, 0.3) is 6.01 Å². The Morgan fingerprint density at radius 3 is 3.00 bits per heavy atom. The summed E-state index contributed by atoms with van der Waals surface area (Å²) in [7, 11) is 1.76. The maximum absolute atomic E-state index is 5.23. The normalized spacial score (nSPS) is 10.8. The van der Waals surface area contributed by atoms with E-state index in [-0.39, 0.29) is 0 Å². The van der Waals surface area contributed by atoms with Crippen molar-refractivity contribution in [1.82, 2.24) is 9.97 Å². The number of oxazole rings is 2. The van der Waals surface area contributed by atoms with Crippen LogP contribution in [0.4, 0.5) is 6.01 Å². The van der Waals surface area contributed by atoms with Gasteiger partial charge in [-0.3, -0.25) is 0 Å². The molecule has 2 aromatic heterocycles. The van der Waals surface area contributed by atoms with Crippen LogP contribution >= 0.6 is 0 Å². The molecule has 16 heavy (non-hydrogen) atoms. The number of nitrogens with one attached hydrogen (secondary N) is 1. The zero-order valence-corrected chi connectivity index (χ0v) is 8.60. The summed E-state index contributed by atoms with van der Waals surface area (Å²) < 4.78 is 10.4. The molecule has 80 valence electrons. The molecule has 5 nitrogen and oxygen atoms in total. The second-order valence-corrected chi connectivity index (χ2v) is 3.32. The van der Waals surface area contributed by atoms with Crippen LogP contribution in [-0.4, -0.2) is 17.0 Å². The van der Waals surface area contributed by atoms with E-state index in [1.165, 1.54) is 6.39 Å². The molecule has 0 aliphatic heterocycles. The van der Waals surface area contributed by atoms with Crippen LogP contribution in [0.5, 0.6) is 0 Å². The Balaban J connectivity index is 2.10. The van der Waals surface area contributed by atoms with Gasteiger partial charge in [-0.1, -0.05) is 6.07 Å². The topological polar surface area (TPSA) is 64.1 Å². The molecule has 5 heteroatoms. The average Bonchev–Trinajstić information content (AvgIpc) is 2.96. The average molecular weight is 215 g/mol. The Bertz CT molecular complexity index is 627. The van der Waals surface area contributed by atoms with E-state index in [4.69, 9.17) is 8.83 Å². The molecule has 0 bridgehead atoms. The fourth-order valence-electron chi connectivity index (χ4n) is 1.54. The highest BCUT2D eigenvalue weighted by Gasteiger charge is 2.07. The van der Waals surface area contributed by atoms with E-state index in [1.54, 1.807) is 13.3 Å². The van der Waals surface area contributed by atoms with Crippen molar-refractivity contribution in [3.8, 4) is 11.3 Å². The monoisotopic (exact) mass is 215 g/mol. The molecular weight excluding hydrogens is 206 g/mol. The number of hydrogen-bond donors (Lipinski definition) is 1. The van der Waals surface area contributed by atoms with Crippen molar-refractivity contribution in [3.63, 3.8) is 0 Å². The van der Waals surface area contributed by atoms with E-state index in [1.807, 2.05) is 18.2 Å². The van der Waals surface area contributed by atoms with Crippen molar-refractivity contribution >= 4 is 17.1 Å². The molecule has 0 saturated heterocycles. The van der Waals surface area contributed by atoms with E-state index in [9.17, 15) is 0 Å². The Kier molecular flexibility index (Phi) is 1.89. The van der Waals surface area contributed by atoms with Crippen LogP contribution in [0.25, 0.3) is 22.4 Å². The minimum absolute atomic E-state index is 0.493. The van der Waals surface area contributed by atoms with Crippen LogP contribution in [0.2, 0.25) is 0 Å². The van der Waals surface area contributed by atoms with Crippen molar-refractivity contribution in [2.75, 3.05) is 12.4 Å². The molecule has 0 atom stereocenters. The highest BCUT2D eigenvalue weighted by Crippen LogP contribution is 2.24. The molecule has 3 aromatic rings. The fraction of sp³-hybridized carbons (Fsp3) is 0.0909. The molecule has 0 unspecified atom stereocenters. The maximum Gasteiger partial charge on any atom is 0.294 e. The summed E-state index contributed by atoms with van der Waals surface area (Å²) in [4.78, 5) is 8.30. The Labute approximate surface area is 91.1 Å². The Morgan fingerprint density at radius 2 is 2.19 bits per heavy atom. The number of benzene rings is 1. The van der Waals surface area contributed by atoms with E-state index < -0.39 is 0 Å². The minimum atomic E-state index is 0.493. The lowest BCUT2D eigenvalue weighted by Gasteiger charge is -1.94. The van der Waals surface area contributed by atoms with Gasteiger partial charge in [-0.15, -0.1) is 0 Å². The number of nitrogens with zero attached hydrogens (tertiary/aromatic N) is 2. The summed E-state index contributed by atoms with van der Waals surface area (Å²) >= 11 is 0. The van der Waals surface area contributed by atoms with Gasteiger partial charge in [0.2, 0.25) is 0 Å². The van der Waals surface area contributed by atoms with E-state index in [0.29, 0.717) is 6.01 Å². The quantitative estimate of drug-likeness (QED) is 0.711. The van der Waals surface area contributed by atoms with Crippen molar-refractivity contribution in [2.45, 2.75) is 0 Å². The van der Waals surface area contributed by atoms with E-state index in [2.05, 4.69) is 15.3 Å². The Morgan fingerprint density at radius 1 is 1.25 bits per heavy atom. The number of anilines is 1. The van der Waals surface area contributed by atoms with Crippen molar-refractivity contribution in [2.24, 2.45) is 0 Å². The SMILES string of the molecule is CNc1nc(-c2ccc3ncoc3c2)co1. The molecule has 0 aliphatic rings. The highest BCUT2D eigenvalue weighted by molar-refractivity contribution is 5.78. The van der Waals surface area contributed by atoms with Gasteiger partial charge < -0.3 is 14.2 Å². The smallest absolute Gasteiger partial charge is 0.294 e. The first-order chi connectivity index (χ1) is 7.86. The number of fused-ring (bicyclic) bond motifs is 1. The molecule has 0 saturated carbocycles. The van der Waals surface area contributed by atoms with Crippen LogP contribution in [0, 0.1) is 0 Å². The lowest BCUT2D eigenvalue weighted by molar-refractivity contribution is 0.576. The summed E-state index contributed by atoms with van der Waals surface area (Å²) in [6, 6.07) is 6.21. The highest BCUT2D eigenvalue weighted by atomic mass is 16.4. The third-order valence-corrected chi connectivity index (χ3v) is 2.35. The molecule has 0 radical (unpaired) electrons. The van der Waals surface area contributed by atoms with Gasteiger partial charge in [0.1, 0.15) is 17.5 Å². The zero-order valence-electron chi connectivity index (χ0n) is 8.60. The summed E-state index contributed by atoms with van der Waals surface area (Å²) in [6.07, 6.45) is 3.03. The third-order valence-electron chi connectivity index (χ3n) is 2.35. The summed E-state index contributed by atoms with van der Waals surface area (Å²) in [5, 5.41) is 2.84. The molecular formula is C11H9N3O2. The molecule has 0 aliphatic carbocycles. The van der Waals surface area contributed by atoms with Gasteiger partial charge in [0, 0.05) is 12.6 Å². The summed E-state index contributed by atoms with van der Waals surface area (Å²) in [6.45, 7) is 0. The molecule has 0 spiro atoms. The van der Waals surface area contributed by atoms with Gasteiger partial charge in [-0.25, -0.2) is 4.98 Å². The second-order valence-electron chi connectivity index (χ2n) is 3.32. The molecule has 0 amide bonds. The molecule has 1 N–H and O–H groups in total. The minimum Gasteiger partial charge on any atom is -0.443 e.